The van der Waals surface area contributed by atoms with Crippen molar-refractivity contribution in [2.75, 3.05) is 33.1 Å². The number of nitrogens with zero attached hydrogens (tertiary/aromatic N) is 3. The van der Waals surface area contributed by atoms with E-state index < -0.39 is 34.8 Å². The van der Waals surface area contributed by atoms with Gasteiger partial charge in [0.2, 0.25) is 5.91 Å². The Hall–Kier alpha value is -4.46. The van der Waals surface area contributed by atoms with Crippen molar-refractivity contribution < 1.29 is 36.9 Å². The van der Waals surface area contributed by atoms with Crippen LogP contribution < -0.4 is 20.5 Å². The Morgan fingerprint density at radius 3 is 2.40 bits per heavy atom. The van der Waals surface area contributed by atoms with Gasteiger partial charge >= 0.3 is 6.18 Å². The maximum Gasteiger partial charge on any atom is 0.419 e. The number of rotatable bonds is 10. The molecule has 0 unspecified atom stereocenters. The summed E-state index contributed by atoms with van der Waals surface area (Å²) in [6.07, 6.45) is -1.98. The van der Waals surface area contributed by atoms with Gasteiger partial charge in [0.15, 0.2) is 11.6 Å². The number of anilines is 2. The second-order valence-corrected chi connectivity index (χ2v) is 11.2. The Bertz CT molecular complexity index is 1790. The van der Waals surface area contributed by atoms with Crippen molar-refractivity contribution >= 4 is 45.5 Å². The van der Waals surface area contributed by atoms with Crippen LogP contribution in [0, 0.1) is 5.82 Å². The first-order chi connectivity index (χ1) is 21.0. The summed E-state index contributed by atoms with van der Waals surface area (Å²) in [4.78, 5) is 22.9. The molecule has 14 heteroatoms. The number of aliphatic hydroxyl groups is 1. The maximum atomic E-state index is 14.7. The molecule has 0 aliphatic carbocycles. The van der Waals surface area contributed by atoms with E-state index in [0.717, 1.165) is 12.1 Å². The number of aromatic nitrogens is 2. The molecular formula is C31H30ClF4N5O4. The molecule has 0 aliphatic heterocycles. The molecule has 1 heterocycles. The van der Waals surface area contributed by atoms with Gasteiger partial charge in [-0.25, -0.2) is 14.4 Å². The van der Waals surface area contributed by atoms with Crippen LogP contribution in [-0.2, 0) is 16.6 Å². The Morgan fingerprint density at radius 1 is 1.09 bits per heavy atom. The second-order valence-electron chi connectivity index (χ2n) is 10.8. The number of benzene rings is 3. The number of nitrogens with two attached hydrogens (primary N) is 1. The second kappa shape index (κ2) is 12.9. The fourth-order valence-corrected chi connectivity index (χ4v) is 4.68. The molecular weight excluding hydrogens is 618 g/mol. The predicted octanol–water partition coefficient (Wildman–Crippen LogP) is 6.64. The summed E-state index contributed by atoms with van der Waals surface area (Å²) in [6.45, 7) is 3.35. The van der Waals surface area contributed by atoms with Crippen LogP contribution in [0.3, 0.4) is 0 Å². The molecule has 0 fully saturated rings. The lowest BCUT2D eigenvalue weighted by atomic mass is 9.95. The third kappa shape index (κ3) is 7.44. The Balaban J connectivity index is 1.83. The molecule has 3 aromatic carbocycles. The SMILES string of the molecule is COc1cc2ncnc(Nc3cc(Cl)c(Oc4cccc(C(F)(F)F)c4F)cc3C(C)(C)O)c2cc1C(=CCN(C)C)C(N)=O. The first kappa shape index (κ1) is 33.4. The van der Waals surface area contributed by atoms with Crippen molar-refractivity contribution in [2.24, 2.45) is 5.73 Å². The number of methoxy groups -OCH3 is 1. The Morgan fingerprint density at radius 2 is 1.80 bits per heavy atom. The summed E-state index contributed by atoms with van der Waals surface area (Å²) in [5, 5.41) is 14.5. The van der Waals surface area contributed by atoms with E-state index in [1.807, 2.05) is 19.0 Å². The molecule has 1 amide bonds. The van der Waals surface area contributed by atoms with Gasteiger partial charge in [-0.05, 0) is 58.3 Å². The van der Waals surface area contributed by atoms with Gasteiger partial charge < -0.3 is 30.5 Å². The summed E-state index contributed by atoms with van der Waals surface area (Å²) in [6, 6.07) is 8.54. The normalized spacial score (nSPS) is 12.5. The molecule has 0 saturated carbocycles. The van der Waals surface area contributed by atoms with Crippen LogP contribution in [0.2, 0.25) is 5.02 Å². The summed E-state index contributed by atoms with van der Waals surface area (Å²) >= 11 is 6.47. The monoisotopic (exact) mass is 647 g/mol. The average Bonchev–Trinajstić information content (AvgIpc) is 2.93. The summed E-state index contributed by atoms with van der Waals surface area (Å²) in [5.41, 5.74) is 4.15. The highest BCUT2D eigenvalue weighted by molar-refractivity contribution is 6.32. The molecule has 0 aliphatic rings. The minimum Gasteiger partial charge on any atom is -0.496 e. The number of carbonyl (C=O) groups is 1. The molecule has 4 N–H and O–H groups in total. The smallest absolute Gasteiger partial charge is 0.419 e. The lowest BCUT2D eigenvalue weighted by Crippen LogP contribution is -2.18. The minimum atomic E-state index is -4.94. The van der Waals surface area contributed by atoms with Gasteiger partial charge in [0.25, 0.3) is 0 Å². The molecule has 0 spiro atoms. The van der Waals surface area contributed by atoms with Crippen molar-refractivity contribution in [3.8, 4) is 17.2 Å². The standard InChI is InChI=1S/C31H30ClF4N5O4/c1-30(2,43)20-12-26(45-24-8-6-7-19(27(24)33)31(34,35)36)21(32)13-23(20)40-29-18-11-17(16(28(37)42)9-10-41(3)4)25(44-5)14-22(18)38-15-39-29/h6-9,11-15,43H,10H2,1-5H3,(H2,37,42)(H,38,39,40). The number of alkyl halides is 3. The van der Waals surface area contributed by atoms with Crippen LogP contribution in [0.25, 0.3) is 16.5 Å². The highest BCUT2D eigenvalue weighted by atomic mass is 35.5. The van der Waals surface area contributed by atoms with E-state index in [9.17, 15) is 27.5 Å². The van der Waals surface area contributed by atoms with Crippen LogP contribution in [0.5, 0.6) is 17.2 Å². The fourth-order valence-electron chi connectivity index (χ4n) is 4.48. The maximum absolute atomic E-state index is 14.7. The number of fused-ring (bicyclic) bond motifs is 1. The van der Waals surface area contributed by atoms with Crippen LogP contribution in [0.15, 0.2) is 54.9 Å². The van der Waals surface area contributed by atoms with Crippen molar-refractivity contribution in [3.05, 3.63) is 82.4 Å². The number of hydrogen-bond donors (Lipinski definition) is 3. The summed E-state index contributed by atoms with van der Waals surface area (Å²) in [5.74, 6) is -2.59. The van der Waals surface area contributed by atoms with E-state index in [0.29, 0.717) is 34.8 Å². The van der Waals surface area contributed by atoms with E-state index in [-0.39, 0.29) is 33.4 Å². The highest BCUT2D eigenvalue weighted by Crippen LogP contribution is 2.42. The average molecular weight is 648 g/mol. The summed E-state index contributed by atoms with van der Waals surface area (Å²) < 4.78 is 65.5. The van der Waals surface area contributed by atoms with Crippen LogP contribution in [0.1, 0.15) is 30.5 Å². The first-order valence-electron chi connectivity index (χ1n) is 13.4. The lowest BCUT2D eigenvalue weighted by Gasteiger charge is -2.24. The number of carbonyl (C=O) groups excluding carboxylic acids is 1. The number of halogens is 5. The zero-order valence-corrected chi connectivity index (χ0v) is 25.6. The van der Waals surface area contributed by atoms with Crippen molar-refractivity contribution in [3.63, 3.8) is 0 Å². The van der Waals surface area contributed by atoms with Gasteiger partial charge in [0.1, 0.15) is 23.6 Å². The number of nitrogens with one attached hydrogen (secondary N) is 1. The molecule has 45 heavy (non-hydrogen) atoms. The topological polar surface area (TPSA) is 123 Å². The largest absolute Gasteiger partial charge is 0.496 e. The van der Waals surface area contributed by atoms with Gasteiger partial charge in [-0.1, -0.05) is 23.7 Å². The minimum absolute atomic E-state index is 0.106. The predicted molar refractivity (Wildman–Crippen MR) is 163 cm³/mol. The molecule has 9 nitrogen and oxygen atoms in total. The molecule has 4 aromatic rings. The molecule has 0 atom stereocenters. The van der Waals surface area contributed by atoms with Crippen molar-refractivity contribution in [2.45, 2.75) is 25.6 Å². The number of likely N-dealkylation sites (N-methyl/N-ethyl adjacent to an activating group) is 1. The number of hydrogen-bond acceptors (Lipinski definition) is 8. The highest BCUT2D eigenvalue weighted by Gasteiger charge is 2.35. The fraction of sp³-hybridized carbons (Fsp3) is 0.258. The first-order valence-corrected chi connectivity index (χ1v) is 13.7. The zero-order valence-electron chi connectivity index (χ0n) is 24.9. The van der Waals surface area contributed by atoms with Gasteiger partial charge in [0.05, 0.1) is 28.8 Å². The molecule has 0 radical (unpaired) electrons. The van der Waals surface area contributed by atoms with Gasteiger partial charge in [-0.15, -0.1) is 0 Å². The number of ether oxygens (including phenoxy) is 2. The van der Waals surface area contributed by atoms with E-state index in [2.05, 4.69) is 15.3 Å². The van der Waals surface area contributed by atoms with E-state index >= 15 is 0 Å². The molecule has 4 rings (SSSR count). The van der Waals surface area contributed by atoms with Crippen LogP contribution >= 0.6 is 11.6 Å². The van der Waals surface area contributed by atoms with Gasteiger partial charge in [-0.2, -0.15) is 13.2 Å². The van der Waals surface area contributed by atoms with Crippen molar-refractivity contribution in [1.29, 1.82) is 0 Å². The molecule has 0 bridgehead atoms. The summed E-state index contributed by atoms with van der Waals surface area (Å²) in [7, 11) is 5.11. The third-order valence-corrected chi connectivity index (χ3v) is 6.94. The Labute approximate surface area is 261 Å². The van der Waals surface area contributed by atoms with E-state index in [1.54, 1.807) is 18.2 Å². The zero-order chi connectivity index (χ0) is 33.3. The van der Waals surface area contributed by atoms with Gasteiger partial charge in [0, 0.05) is 40.4 Å². The third-order valence-electron chi connectivity index (χ3n) is 6.65. The van der Waals surface area contributed by atoms with Crippen molar-refractivity contribution in [1.82, 2.24) is 14.9 Å². The lowest BCUT2D eigenvalue weighted by molar-refractivity contribution is -0.140. The number of amides is 1. The molecule has 0 saturated heterocycles. The molecule has 238 valence electrons. The van der Waals surface area contributed by atoms with E-state index in [4.69, 9.17) is 26.8 Å². The number of primary amides is 1. The Kier molecular flexibility index (Phi) is 9.57. The van der Waals surface area contributed by atoms with E-state index in [1.165, 1.54) is 39.4 Å². The van der Waals surface area contributed by atoms with Crippen LogP contribution in [-0.4, -0.2) is 53.6 Å². The quantitative estimate of drug-likeness (QED) is 0.129. The van der Waals surface area contributed by atoms with Crippen LogP contribution in [0.4, 0.5) is 29.1 Å². The van der Waals surface area contributed by atoms with Gasteiger partial charge in [-0.3, -0.25) is 4.79 Å². The molecule has 1 aromatic heterocycles.